The Morgan fingerprint density at radius 1 is 1.12 bits per heavy atom. The Labute approximate surface area is 280 Å². The predicted octanol–water partition coefficient (Wildman–Crippen LogP) is 5.19. The van der Waals surface area contributed by atoms with E-state index in [1.54, 1.807) is 0 Å². The van der Waals surface area contributed by atoms with Crippen molar-refractivity contribution in [1.82, 2.24) is 20.5 Å². The van der Waals surface area contributed by atoms with Crippen LogP contribution in [0.5, 0.6) is 5.75 Å². The third-order valence-corrected chi connectivity index (χ3v) is 9.92. The number of unbranched alkanes of at least 4 members (excludes halogenated alkanes) is 1. The van der Waals surface area contributed by atoms with E-state index >= 15 is 0 Å². The van der Waals surface area contributed by atoms with Crippen LogP contribution >= 0.6 is 0 Å². The first-order valence-electron chi connectivity index (χ1n) is 17.2. The van der Waals surface area contributed by atoms with Crippen molar-refractivity contribution >= 4 is 34.6 Å². The monoisotopic (exact) mass is 652 g/mol. The van der Waals surface area contributed by atoms with Crippen molar-refractivity contribution in [3.05, 3.63) is 72.8 Å². The second-order valence-corrected chi connectivity index (χ2v) is 13.3. The fraction of sp³-hybridized carbons (Fsp3) is 0.447. The van der Waals surface area contributed by atoms with Gasteiger partial charge in [-0.25, -0.2) is 9.78 Å². The first-order valence-corrected chi connectivity index (χ1v) is 17.2. The molecule has 0 unspecified atom stereocenters. The number of pyridine rings is 1. The lowest BCUT2D eigenvalue weighted by Gasteiger charge is -2.29. The molecule has 6 rings (SSSR count). The van der Waals surface area contributed by atoms with Crippen LogP contribution in [0.3, 0.4) is 0 Å². The number of hydrogen-bond acceptors (Lipinski definition) is 6. The molecular weight excluding hydrogens is 608 g/mol. The Hall–Kier alpha value is -4.73. The average molecular weight is 653 g/mol. The molecule has 3 heterocycles. The first kappa shape index (κ1) is 33.2. The Bertz CT molecular complexity index is 1710. The Morgan fingerprint density at radius 3 is 2.65 bits per heavy atom. The number of fused-ring (bicyclic) bond motifs is 3. The first-order chi connectivity index (χ1) is 23.2. The third-order valence-electron chi connectivity index (χ3n) is 9.92. The minimum atomic E-state index is -1.45. The van der Waals surface area contributed by atoms with E-state index in [9.17, 15) is 24.3 Å². The van der Waals surface area contributed by atoms with Gasteiger partial charge in [0, 0.05) is 35.8 Å². The number of nitrogens with one attached hydrogen (secondary N) is 2. The van der Waals surface area contributed by atoms with Gasteiger partial charge in [0.2, 0.25) is 17.7 Å². The summed E-state index contributed by atoms with van der Waals surface area (Å²) in [5.74, 6) is -2.03. The zero-order chi connectivity index (χ0) is 33.8. The van der Waals surface area contributed by atoms with Gasteiger partial charge in [-0.1, -0.05) is 68.7 Å². The number of aliphatic carboxylic acids is 1. The summed E-state index contributed by atoms with van der Waals surface area (Å²) < 4.78 is 6.73. The second kappa shape index (κ2) is 14.2. The molecular formula is C38H44N4O6. The van der Waals surface area contributed by atoms with Crippen LogP contribution in [0, 0.1) is 5.92 Å². The van der Waals surface area contributed by atoms with Crippen molar-refractivity contribution in [2.24, 2.45) is 5.92 Å². The van der Waals surface area contributed by atoms with Crippen molar-refractivity contribution in [2.75, 3.05) is 6.54 Å². The highest BCUT2D eigenvalue weighted by atomic mass is 16.5. The molecule has 10 heteroatoms. The van der Waals surface area contributed by atoms with E-state index in [1.165, 1.54) is 11.0 Å². The van der Waals surface area contributed by atoms with E-state index in [-0.39, 0.29) is 31.2 Å². The maximum absolute atomic E-state index is 14.3. The lowest BCUT2D eigenvalue weighted by atomic mass is 10.0. The number of hydrogen-bond donors (Lipinski definition) is 3. The molecule has 3 aromatic rings. The van der Waals surface area contributed by atoms with Gasteiger partial charge >= 0.3 is 5.97 Å². The summed E-state index contributed by atoms with van der Waals surface area (Å²) in [7, 11) is 0. The summed E-state index contributed by atoms with van der Waals surface area (Å²) in [5.41, 5.74) is 2.14. The molecule has 3 aliphatic rings. The molecule has 4 bridgehead atoms. The van der Waals surface area contributed by atoms with E-state index in [0.29, 0.717) is 25.0 Å². The third kappa shape index (κ3) is 6.93. The van der Waals surface area contributed by atoms with Gasteiger partial charge in [0.25, 0.3) is 0 Å². The summed E-state index contributed by atoms with van der Waals surface area (Å²) in [5, 5.41) is 16.6. The Morgan fingerprint density at radius 2 is 1.92 bits per heavy atom. The standard InChI is InChI=1S/C38H44N4O6/c1-3-5-15-30-36(45)42-23-27(20-32(42)35(44)41-38(37(46)47)22-26(38)4-2)48-33-21-31(25-13-9-7-10-14-25)39-29-18-17-24(19-28(29)33)12-8-6-11-16-34(43)40-30/h4,7,9-10,13-14,17-19,21,26-27,30,32H,2-3,5-6,8,11-12,15-16,20,22-23H2,1H3,(H,40,43)(H,41,44)(H,46,47)/t26-,27-,30+,32+,38-/m1/s1. The van der Waals surface area contributed by atoms with Gasteiger partial charge < -0.3 is 25.4 Å². The largest absolute Gasteiger partial charge is 0.488 e. The van der Waals surface area contributed by atoms with Gasteiger partial charge in [0.1, 0.15) is 29.5 Å². The molecule has 0 radical (unpaired) electrons. The fourth-order valence-corrected chi connectivity index (χ4v) is 7.05. The van der Waals surface area contributed by atoms with Gasteiger partial charge in [-0.15, -0.1) is 6.58 Å². The van der Waals surface area contributed by atoms with Crippen molar-refractivity contribution in [1.29, 1.82) is 0 Å². The number of carbonyl (C=O) groups is 4. The molecule has 3 amide bonds. The zero-order valence-electron chi connectivity index (χ0n) is 27.5. The van der Waals surface area contributed by atoms with Gasteiger partial charge in [0.15, 0.2) is 0 Å². The molecule has 1 aliphatic carbocycles. The number of aromatic nitrogens is 1. The molecule has 10 nitrogen and oxygen atoms in total. The number of ether oxygens (including phenoxy) is 1. The topological polar surface area (TPSA) is 138 Å². The molecule has 5 atom stereocenters. The van der Waals surface area contributed by atoms with Crippen LogP contribution < -0.4 is 15.4 Å². The number of nitrogens with zero attached hydrogens (tertiary/aromatic N) is 2. The molecule has 0 spiro atoms. The summed E-state index contributed by atoms with van der Waals surface area (Å²) in [6.07, 6.45) is 6.97. The van der Waals surface area contributed by atoms with E-state index in [4.69, 9.17) is 9.72 Å². The predicted molar refractivity (Wildman–Crippen MR) is 182 cm³/mol. The lowest BCUT2D eigenvalue weighted by Crippen LogP contribution is -2.56. The molecule has 252 valence electrons. The van der Waals surface area contributed by atoms with Crippen LogP contribution in [0.25, 0.3) is 22.2 Å². The van der Waals surface area contributed by atoms with Gasteiger partial charge in [-0.2, -0.15) is 0 Å². The Kier molecular flexibility index (Phi) is 9.80. The molecule has 2 fully saturated rings. The number of carboxylic acid groups (broad SMARTS) is 1. The van der Waals surface area contributed by atoms with Crippen LogP contribution in [0.2, 0.25) is 0 Å². The van der Waals surface area contributed by atoms with Crippen molar-refractivity contribution in [3.8, 4) is 17.0 Å². The van der Waals surface area contributed by atoms with Crippen LogP contribution in [-0.2, 0) is 25.6 Å². The van der Waals surface area contributed by atoms with Crippen LogP contribution in [0.4, 0.5) is 0 Å². The summed E-state index contributed by atoms with van der Waals surface area (Å²) >= 11 is 0. The van der Waals surface area contributed by atoms with Crippen LogP contribution in [-0.4, -0.2) is 69.0 Å². The number of carbonyl (C=O) groups excluding carboxylic acids is 3. The second-order valence-electron chi connectivity index (χ2n) is 13.3. The zero-order valence-corrected chi connectivity index (χ0v) is 27.5. The molecule has 1 aromatic heterocycles. The van der Waals surface area contributed by atoms with E-state index in [0.717, 1.165) is 59.8 Å². The maximum atomic E-state index is 14.3. The molecule has 2 aliphatic heterocycles. The van der Waals surface area contributed by atoms with Gasteiger partial charge in [-0.05, 0) is 49.8 Å². The number of carboxylic acids is 1. The number of benzene rings is 2. The molecule has 1 saturated heterocycles. The highest BCUT2D eigenvalue weighted by Gasteiger charge is 2.61. The smallest absolute Gasteiger partial charge is 0.330 e. The summed E-state index contributed by atoms with van der Waals surface area (Å²) in [6, 6.07) is 16.1. The summed E-state index contributed by atoms with van der Waals surface area (Å²) in [6.45, 7) is 5.85. The Balaban J connectivity index is 1.38. The fourth-order valence-electron chi connectivity index (χ4n) is 7.05. The number of rotatable bonds is 8. The van der Waals surface area contributed by atoms with Gasteiger partial charge in [-0.3, -0.25) is 14.4 Å². The average Bonchev–Trinajstić information content (AvgIpc) is 3.65. The summed E-state index contributed by atoms with van der Waals surface area (Å²) in [4.78, 5) is 59.9. The van der Waals surface area contributed by atoms with Crippen LogP contribution in [0.15, 0.2) is 67.3 Å². The minimum absolute atomic E-state index is 0.102. The van der Waals surface area contributed by atoms with E-state index in [1.807, 2.05) is 49.4 Å². The molecule has 48 heavy (non-hydrogen) atoms. The number of amides is 3. The highest BCUT2D eigenvalue weighted by Crippen LogP contribution is 2.45. The quantitative estimate of drug-likeness (QED) is 0.285. The van der Waals surface area contributed by atoms with Gasteiger partial charge in [0.05, 0.1) is 17.8 Å². The lowest BCUT2D eigenvalue weighted by molar-refractivity contribution is -0.146. The molecule has 3 N–H and O–H groups in total. The van der Waals surface area contributed by atoms with E-state index < -0.39 is 41.5 Å². The van der Waals surface area contributed by atoms with Crippen molar-refractivity contribution < 1.29 is 29.0 Å². The molecule has 2 aromatic carbocycles. The normalized spacial score (nSPS) is 26.0. The maximum Gasteiger partial charge on any atom is 0.330 e. The minimum Gasteiger partial charge on any atom is -0.488 e. The SMILES string of the molecule is C=C[C@@H]1C[C@]1(NC(=O)[C@@H]1C[C@@H]2CN1C(=O)[C@H](CCCC)NC(=O)CCCCCc1ccc3nc(-c4ccccc4)cc(c3c1)O2)C(=O)O. The van der Waals surface area contributed by atoms with Crippen molar-refractivity contribution in [3.63, 3.8) is 0 Å². The number of aryl methyl sites for hydroxylation is 1. The molecule has 1 saturated carbocycles. The van der Waals surface area contributed by atoms with E-state index in [2.05, 4.69) is 29.3 Å². The van der Waals surface area contributed by atoms with Crippen molar-refractivity contribution in [2.45, 2.75) is 94.9 Å². The highest BCUT2D eigenvalue weighted by molar-refractivity contribution is 5.96. The van der Waals surface area contributed by atoms with Crippen LogP contribution in [0.1, 0.15) is 70.3 Å².